The summed E-state index contributed by atoms with van der Waals surface area (Å²) in [7, 11) is 0. The van der Waals surface area contributed by atoms with Crippen LogP contribution in [0.4, 0.5) is 5.69 Å². The van der Waals surface area contributed by atoms with Gasteiger partial charge in [0.15, 0.2) is 0 Å². The van der Waals surface area contributed by atoms with Gasteiger partial charge in [-0.3, -0.25) is 4.79 Å². The Bertz CT molecular complexity index is 312. The van der Waals surface area contributed by atoms with Crippen LogP contribution >= 0.6 is 0 Å². The molecule has 0 spiro atoms. The molecule has 0 heterocycles. The van der Waals surface area contributed by atoms with Crippen molar-refractivity contribution in [3.8, 4) is 5.75 Å². The third-order valence-electron chi connectivity index (χ3n) is 1.59. The molecule has 2 N–H and O–H groups in total. The Morgan fingerprint density at radius 2 is 2.36 bits per heavy atom. The van der Waals surface area contributed by atoms with Gasteiger partial charge in [0.2, 0.25) is 0 Å². The molecule has 14 heavy (non-hydrogen) atoms. The van der Waals surface area contributed by atoms with E-state index in [1.807, 2.05) is 19.1 Å². The summed E-state index contributed by atoms with van der Waals surface area (Å²) in [4.78, 5) is 10.3. The number of carbonyl (C=O) groups is 1. The molecule has 0 atom stereocenters. The van der Waals surface area contributed by atoms with Crippen molar-refractivity contribution >= 4 is 11.7 Å². The summed E-state index contributed by atoms with van der Waals surface area (Å²) in [5.41, 5.74) is 0.748. The van der Waals surface area contributed by atoms with Gasteiger partial charge in [0.25, 0.3) is 0 Å². The summed E-state index contributed by atoms with van der Waals surface area (Å²) in [6, 6.07) is 7.21. The van der Waals surface area contributed by atoms with Gasteiger partial charge >= 0.3 is 5.97 Å². The molecule has 0 radical (unpaired) electrons. The first-order valence-corrected chi connectivity index (χ1v) is 4.41. The summed E-state index contributed by atoms with van der Waals surface area (Å²) in [5, 5.41) is 11.2. The fourth-order valence-corrected chi connectivity index (χ4v) is 1.04. The molecule has 1 rings (SSSR count). The normalized spacial score (nSPS) is 9.50. The van der Waals surface area contributed by atoms with Crippen LogP contribution in [-0.4, -0.2) is 24.2 Å². The van der Waals surface area contributed by atoms with Crippen LogP contribution in [-0.2, 0) is 4.79 Å². The molecule has 0 amide bonds. The molecule has 0 aliphatic heterocycles. The predicted molar refractivity (Wildman–Crippen MR) is 53.7 cm³/mol. The zero-order valence-corrected chi connectivity index (χ0v) is 7.99. The summed E-state index contributed by atoms with van der Waals surface area (Å²) in [5.74, 6) is -0.144. The third-order valence-corrected chi connectivity index (χ3v) is 1.59. The van der Waals surface area contributed by atoms with Crippen molar-refractivity contribution in [1.29, 1.82) is 0 Å². The van der Waals surface area contributed by atoms with Crippen molar-refractivity contribution in [3.63, 3.8) is 0 Å². The molecule has 0 saturated heterocycles. The number of ether oxygens (including phenoxy) is 1. The Kier molecular flexibility index (Phi) is 3.79. The van der Waals surface area contributed by atoms with Gasteiger partial charge in [0.05, 0.1) is 6.61 Å². The summed E-state index contributed by atoms with van der Waals surface area (Å²) < 4.78 is 5.27. The quantitative estimate of drug-likeness (QED) is 0.749. The lowest BCUT2D eigenvalue weighted by Gasteiger charge is -2.06. The van der Waals surface area contributed by atoms with Crippen LogP contribution in [0.3, 0.4) is 0 Å². The molecule has 1 aromatic carbocycles. The number of hydrogen-bond donors (Lipinski definition) is 2. The summed E-state index contributed by atoms with van der Waals surface area (Å²) >= 11 is 0. The molecule has 0 aliphatic rings. The molecule has 0 bridgehead atoms. The predicted octanol–water partition coefficient (Wildman–Crippen LogP) is 1.58. The average molecular weight is 195 g/mol. The van der Waals surface area contributed by atoms with E-state index in [4.69, 9.17) is 9.84 Å². The number of aliphatic carboxylic acids is 1. The van der Waals surface area contributed by atoms with Crippen molar-refractivity contribution in [2.45, 2.75) is 6.92 Å². The van der Waals surface area contributed by atoms with Crippen molar-refractivity contribution in [1.82, 2.24) is 0 Å². The fraction of sp³-hybridized carbons (Fsp3) is 0.300. The van der Waals surface area contributed by atoms with Gasteiger partial charge in [-0.25, -0.2) is 0 Å². The highest BCUT2D eigenvalue weighted by Crippen LogP contribution is 2.16. The summed E-state index contributed by atoms with van der Waals surface area (Å²) in [6.45, 7) is 2.41. The maximum Gasteiger partial charge on any atom is 0.322 e. The number of anilines is 1. The first kappa shape index (κ1) is 10.4. The highest BCUT2D eigenvalue weighted by Gasteiger charge is 1.98. The maximum atomic E-state index is 10.3. The standard InChI is InChI=1S/C10H13NO3/c1-2-14-9-5-3-4-8(6-9)11-7-10(12)13/h3-6,11H,2,7H2,1H3,(H,12,13). The van der Waals surface area contributed by atoms with Crippen LogP contribution in [0.25, 0.3) is 0 Å². The maximum absolute atomic E-state index is 10.3. The fourth-order valence-electron chi connectivity index (χ4n) is 1.04. The molecule has 0 aliphatic carbocycles. The molecular weight excluding hydrogens is 182 g/mol. The number of carboxylic acid groups (broad SMARTS) is 1. The number of nitrogens with one attached hydrogen (secondary N) is 1. The van der Waals surface area contributed by atoms with Gasteiger partial charge in [0, 0.05) is 11.8 Å². The molecule has 4 heteroatoms. The zero-order valence-electron chi connectivity index (χ0n) is 7.99. The van der Waals surface area contributed by atoms with Gasteiger partial charge < -0.3 is 15.2 Å². The van der Waals surface area contributed by atoms with Crippen LogP contribution in [0.1, 0.15) is 6.92 Å². The second kappa shape index (κ2) is 5.11. The number of carboxylic acids is 1. The molecule has 76 valence electrons. The largest absolute Gasteiger partial charge is 0.494 e. The first-order chi connectivity index (χ1) is 6.72. The van der Waals surface area contributed by atoms with E-state index in [-0.39, 0.29) is 6.54 Å². The highest BCUT2D eigenvalue weighted by atomic mass is 16.5. The van der Waals surface area contributed by atoms with E-state index in [2.05, 4.69) is 5.32 Å². The molecule has 1 aromatic rings. The van der Waals surface area contributed by atoms with E-state index in [0.29, 0.717) is 6.61 Å². The average Bonchev–Trinajstić information content (AvgIpc) is 2.16. The van der Waals surface area contributed by atoms with Crippen molar-refractivity contribution in [3.05, 3.63) is 24.3 Å². The highest BCUT2D eigenvalue weighted by molar-refractivity contribution is 5.72. The van der Waals surface area contributed by atoms with E-state index in [9.17, 15) is 4.79 Å². The van der Waals surface area contributed by atoms with E-state index in [1.165, 1.54) is 0 Å². The van der Waals surface area contributed by atoms with E-state index >= 15 is 0 Å². The SMILES string of the molecule is CCOc1cccc(NCC(=O)O)c1. The lowest BCUT2D eigenvalue weighted by molar-refractivity contribution is -0.134. The lowest BCUT2D eigenvalue weighted by atomic mass is 10.3. The van der Waals surface area contributed by atoms with Gasteiger partial charge in [-0.15, -0.1) is 0 Å². The topological polar surface area (TPSA) is 58.6 Å². The Morgan fingerprint density at radius 3 is 3.00 bits per heavy atom. The van der Waals surface area contributed by atoms with Crippen LogP contribution < -0.4 is 10.1 Å². The van der Waals surface area contributed by atoms with Gasteiger partial charge in [0.1, 0.15) is 12.3 Å². The minimum atomic E-state index is -0.883. The smallest absolute Gasteiger partial charge is 0.322 e. The Labute approximate surface area is 82.5 Å². The minimum Gasteiger partial charge on any atom is -0.494 e. The van der Waals surface area contributed by atoms with E-state index in [1.54, 1.807) is 12.1 Å². The molecule has 0 unspecified atom stereocenters. The first-order valence-electron chi connectivity index (χ1n) is 4.41. The Morgan fingerprint density at radius 1 is 1.57 bits per heavy atom. The molecule has 0 saturated carbocycles. The molecule has 4 nitrogen and oxygen atoms in total. The van der Waals surface area contributed by atoms with Crippen molar-refractivity contribution in [2.75, 3.05) is 18.5 Å². The van der Waals surface area contributed by atoms with Gasteiger partial charge in [-0.1, -0.05) is 6.07 Å². The Hall–Kier alpha value is -1.71. The summed E-state index contributed by atoms with van der Waals surface area (Å²) in [6.07, 6.45) is 0. The number of benzene rings is 1. The van der Waals surface area contributed by atoms with Crippen LogP contribution in [0.2, 0.25) is 0 Å². The minimum absolute atomic E-state index is 0.0877. The van der Waals surface area contributed by atoms with Crippen LogP contribution in [0.5, 0.6) is 5.75 Å². The zero-order chi connectivity index (χ0) is 10.4. The second-order valence-corrected chi connectivity index (χ2v) is 2.71. The van der Waals surface area contributed by atoms with Crippen molar-refractivity contribution in [2.24, 2.45) is 0 Å². The van der Waals surface area contributed by atoms with E-state index in [0.717, 1.165) is 11.4 Å². The second-order valence-electron chi connectivity index (χ2n) is 2.71. The van der Waals surface area contributed by atoms with Crippen LogP contribution in [0, 0.1) is 0 Å². The Balaban J connectivity index is 2.58. The van der Waals surface area contributed by atoms with Gasteiger partial charge in [-0.2, -0.15) is 0 Å². The number of hydrogen-bond acceptors (Lipinski definition) is 3. The van der Waals surface area contributed by atoms with Crippen LogP contribution in [0.15, 0.2) is 24.3 Å². The van der Waals surface area contributed by atoms with Crippen molar-refractivity contribution < 1.29 is 14.6 Å². The monoisotopic (exact) mass is 195 g/mol. The lowest BCUT2D eigenvalue weighted by Crippen LogP contribution is -2.12. The molecular formula is C10H13NO3. The number of rotatable bonds is 5. The van der Waals surface area contributed by atoms with E-state index < -0.39 is 5.97 Å². The molecule has 0 fully saturated rings. The molecule has 0 aromatic heterocycles. The van der Waals surface area contributed by atoms with Gasteiger partial charge in [-0.05, 0) is 19.1 Å². The third kappa shape index (κ3) is 3.35.